The third kappa shape index (κ3) is 2.18. The zero-order valence-electron chi connectivity index (χ0n) is 12.1. The van der Waals surface area contributed by atoms with Gasteiger partial charge in [0.25, 0.3) is 5.56 Å². The third-order valence-electron chi connectivity index (χ3n) is 3.61. The number of aryl methyl sites for hydroxylation is 1. The molecular formula is C15H16N4O2. The predicted molar refractivity (Wildman–Crippen MR) is 81.5 cm³/mol. The number of aromatic amines is 2. The Balaban J connectivity index is 2.17. The van der Waals surface area contributed by atoms with Crippen molar-refractivity contribution in [3.05, 3.63) is 50.7 Å². The summed E-state index contributed by atoms with van der Waals surface area (Å²) in [5.41, 5.74) is 1.85. The minimum absolute atomic E-state index is 0.306. The van der Waals surface area contributed by atoms with E-state index in [1.165, 1.54) is 10.1 Å². The minimum Gasteiger partial charge on any atom is -0.332 e. The highest BCUT2D eigenvalue weighted by atomic mass is 16.2. The molecule has 3 aromatic rings. The molecule has 0 saturated carbocycles. The number of H-pyrrole nitrogens is 2. The van der Waals surface area contributed by atoms with Crippen molar-refractivity contribution in [2.75, 3.05) is 0 Å². The Labute approximate surface area is 120 Å². The standard InChI is InChI=1S/C15H16N4O2/c1-8(2)9-4-6-10(7-5-9)12-16-11-13(17-12)19(3)15(21)18-14(11)20/h4-8H,1-3H3,(H,16,17)(H,18,20,21). The molecule has 0 spiro atoms. The average molecular weight is 284 g/mol. The van der Waals surface area contributed by atoms with Gasteiger partial charge in [0.15, 0.2) is 5.65 Å². The van der Waals surface area contributed by atoms with Crippen LogP contribution in [0.25, 0.3) is 22.6 Å². The van der Waals surface area contributed by atoms with E-state index < -0.39 is 11.2 Å². The van der Waals surface area contributed by atoms with E-state index in [9.17, 15) is 9.59 Å². The van der Waals surface area contributed by atoms with Gasteiger partial charge in [-0.1, -0.05) is 38.1 Å². The summed E-state index contributed by atoms with van der Waals surface area (Å²) in [5.74, 6) is 1.03. The molecule has 2 N–H and O–H groups in total. The summed E-state index contributed by atoms with van der Waals surface area (Å²) < 4.78 is 1.32. The van der Waals surface area contributed by atoms with Crippen LogP contribution in [0.5, 0.6) is 0 Å². The van der Waals surface area contributed by atoms with Crippen molar-refractivity contribution in [1.82, 2.24) is 19.5 Å². The van der Waals surface area contributed by atoms with E-state index in [4.69, 9.17) is 0 Å². The summed E-state index contributed by atoms with van der Waals surface area (Å²) in [5, 5.41) is 0. The van der Waals surface area contributed by atoms with Gasteiger partial charge in [-0.2, -0.15) is 0 Å². The van der Waals surface area contributed by atoms with Gasteiger partial charge in [0, 0.05) is 12.6 Å². The summed E-state index contributed by atoms with van der Waals surface area (Å²) in [6, 6.07) is 7.99. The SMILES string of the molecule is CC(C)c1ccc(-c2nc3c([nH]2)c(=O)[nH]c(=O)n3C)cc1. The van der Waals surface area contributed by atoms with Gasteiger partial charge in [-0.05, 0) is 11.5 Å². The quantitative estimate of drug-likeness (QED) is 0.752. The van der Waals surface area contributed by atoms with Crippen molar-refractivity contribution in [3.8, 4) is 11.4 Å². The van der Waals surface area contributed by atoms with Crippen LogP contribution in [-0.4, -0.2) is 19.5 Å². The topological polar surface area (TPSA) is 83.5 Å². The molecule has 0 atom stereocenters. The zero-order chi connectivity index (χ0) is 15.1. The van der Waals surface area contributed by atoms with Gasteiger partial charge in [-0.25, -0.2) is 9.78 Å². The highest BCUT2D eigenvalue weighted by Crippen LogP contribution is 2.21. The van der Waals surface area contributed by atoms with Crippen LogP contribution < -0.4 is 11.2 Å². The lowest BCUT2D eigenvalue weighted by molar-refractivity contribution is 0.832. The highest BCUT2D eigenvalue weighted by molar-refractivity contribution is 5.75. The average Bonchev–Trinajstić information content (AvgIpc) is 2.91. The molecule has 0 fully saturated rings. The Bertz CT molecular complexity index is 913. The normalized spacial score (nSPS) is 11.4. The van der Waals surface area contributed by atoms with Crippen molar-refractivity contribution in [1.29, 1.82) is 0 Å². The van der Waals surface area contributed by atoms with E-state index in [2.05, 4.69) is 28.8 Å². The lowest BCUT2D eigenvalue weighted by Crippen LogP contribution is -2.28. The lowest BCUT2D eigenvalue weighted by atomic mass is 10.0. The smallest absolute Gasteiger partial charge is 0.329 e. The van der Waals surface area contributed by atoms with Crippen molar-refractivity contribution >= 4 is 11.2 Å². The fraction of sp³-hybridized carbons (Fsp3) is 0.267. The van der Waals surface area contributed by atoms with Crippen LogP contribution in [0.1, 0.15) is 25.3 Å². The second kappa shape index (κ2) is 4.73. The molecule has 3 rings (SSSR count). The number of nitrogens with one attached hydrogen (secondary N) is 2. The van der Waals surface area contributed by atoms with Gasteiger partial charge in [0.2, 0.25) is 0 Å². The minimum atomic E-state index is -0.472. The van der Waals surface area contributed by atoms with Crippen molar-refractivity contribution in [2.24, 2.45) is 7.05 Å². The number of fused-ring (bicyclic) bond motifs is 1. The predicted octanol–water partition coefficient (Wildman–Crippen LogP) is 1.74. The molecule has 21 heavy (non-hydrogen) atoms. The van der Waals surface area contributed by atoms with E-state index in [0.717, 1.165) is 5.56 Å². The molecule has 1 aromatic carbocycles. The maximum atomic E-state index is 11.8. The summed E-state index contributed by atoms with van der Waals surface area (Å²) in [6.45, 7) is 4.26. The molecule has 6 nitrogen and oxygen atoms in total. The molecule has 2 aromatic heterocycles. The summed E-state index contributed by atoms with van der Waals surface area (Å²) in [4.78, 5) is 33.0. The summed E-state index contributed by atoms with van der Waals surface area (Å²) in [6.07, 6.45) is 0. The third-order valence-corrected chi connectivity index (χ3v) is 3.61. The fourth-order valence-electron chi connectivity index (χ4n) is 2.27. The molecule has 0 aliphatic rings. The van der Waals surface area contributed by atoms with Gasteiger partial charge < -0.3 is 4.98 Å². The first-order valence-corrected chi connectivity index (χ1v) is 6.76. The Kier molecular flexibility index (Phi) is 3.01. The fourth-order valence-corrected chi connectivity index (χ4v) is 2.27. The zero-order valence-corrected chi connectivity index (χ0v) is 12.1. The Hall–Kier alpha value is -2.63. The Morgan fingerprint density at radius 1 is 1.10 bits per heavy atom. The number of aromatic nitrogens is 4. The molecule has 0 amide bonds. The molecule has 0 bridgehead atoms. The van der Waals surface area contributed by atoms with Crippen LogP contribution in [0.4, 0.5) is 0 Å². The van der Waals surface area contributed by atoms with Crippen molar-refractivity contribution < 1.29 is 0 Å². The van der Waals surface area contributed by atoms with Gasteiger partial charge in [0.05, 0.1) is 0 Å². The van der Waals surface area contributed by atoms with Crippen LogP contribution in [0.2, 0.25) is 0 Å². The van der Waals surface area contributed by atoms with E-state index in [1.54, 1.807) is 7.05 Å². The highest BCUT2D eigenvalue weighted by Gasteiger charge is 2.12. The first kappa shape index (κ1) is 13.4. The summed E-state index contributed by atoms with van der Waals surface area (Å²) in [7, 11) is 1.58. The van der Waals surface area contributed by atoms with Crippen LogP contribution in [0, 0.1) is 0 Å². The summed E-state index contributed by atoms with van der Waals surface area (Å²) >= 11 is 0. The number of rotatable bonds is 2. The van der Waals surface area contributed by atoms with Crippen molar-refractivity contribution in [2.45, 2.75) is 19.8 Å². The second-order valence-electron chi connectivity index (χ2n) is 5.38. The first-order valence-electron chi connectivity index (χ1n) is 6.76. The second-order valence-corrected chi connectivity index (χ2v) is 5.38. The Morgan fingerprint density at radius 2 is 1.76 bits per heavy atom. The van der Waals surface area contributed by atoms with Crippen LogP contribution in [0.15, 0.2) is 33.9 Å². The molecule has 0 unspecified atom stereocenters. The van der Waals surface area contributed by atoms with E-state index in [1.807, 2.05) is 24.3 Å². The maximum Gasteiger partial charge on any atom is 0.329 e. The number of benzene rings is 1. The maximum absolute atomic E-state index is 11.8. The van der Waals surface area contributed by atoms with Gasteiger partial charge >= 0.3 is 5.69 Å². The van der Waals surface area contributed by atoms with Crippen LogP contribution in [0.3, 0.4) is 0 Å². The number of hydrogen-bond donors (Lipinski definition) is 2. The molecule has 0 radical (unpaired) electrons. The lowest BCUT2D eigenvalue weighted by Gasteiger charge is -2.05. The van der Waals surface area contributed by atoms with Crippen LogP contribution >= 0.6 is 0 Å². The molecule has 0 saturated heterocycles. The van der Waals surface area contributed by atoms with Gasteiger partial charge in [0.1, 0.15) is 11.3 Å². The van der Waals surface area contributed by atoms with E-state index in [0.29, 0.717) is 22.9 Å². The largest absolute Gasteiger partial charge is 0.332 e. The van der Waals surface area contributed by atoms with Gasteiger partial charge in [-0.15, -0.1) is 0 Å². The molecule has 6 heteroatoms. The number of imidazole rings is 1. The molecule has 0 aliphatic heterocycles. The molecule has 0 aliphatic carbocycles. The van der Waals surface area contributed by atoms with Crippen LogP contribution in [-0.2, 0) is 7.05 Å². The Morgan fingerprint density at radius 3 is 2.38 bits per heavy atom. The number of hydrogen-bond acceptors (Lipinski definition) is 3. The van der Waals surface area contributed by atoms with Gasteiger partial charge in [-0.3, -0.25) is 14.3 Å². The number of nitrogens with zero attached hydrogens (tertiary/aromatic N) is 2. The monoisotopic (exact) mass is 284 g/mol. The van der Waals surface area contributed by atoms with E-state index in [-0.39, 0.29) is 0 Å². The first-order chi connectivity index (χ1) is 9.97. The molecule has 2 heterocycles. The van der Waals surface area contributed by atoms with E-state index >= 15 is 0 Å². The molecular weight excluding hydrogens is 268 g/mol. The van der Waals surface area contributed by atoms with Crippen molar-refractivity contribution in [3.63, 3.8) is 0 Å². The molecule has 108 valence electrons.